The first-order valence-electron chi connectivity index (χ1n) is 9.50. The number of anilines is 3. The number of ether oxygens (including phenoxy) is 2. The second-order valence-electron chi connectivity index (χ2n) is 7.66. The summed E-state index contributed by atoms with van der Waals surface area (Å²) in [5.74, 6) is 0.610. The molecule has 8 nitrogen and oxygen atoms in total. The van der Waals surface area contributed by atoms with Gasteiger partial charge in [-0.05, 0) is 57.2 Å². The van der Waals surface area contributed by atoms with Crippen molar-refractivity contribution in [3.8, 4) is 0 Å². The van der Waals surface area contributed by atoms with Crippen molar-refractivity contribution >= 4 is 29.2 Å². The predicted molar refractivity (Wildman–Crippen MR) is 112 cm³/mol. The molecule has 0 radical (unpaired) electrons. The molecule has 1 aromatic carbocycles. The molecule has 0 bridgehead atoms. The molecule has 2 N–H and O–H groups in total. The van der Waals surface area contributed by atoms with Gasteiger partial charge in [0.1, 0.15) is 11.4 Å². The van der Waals surface area contributed by atoms with Gasteiger partial charge in [0.05, 0.1) is 25.1 Å². The minimum atomic E-state index is -0.574. The lowest BCUT2D eigenvalue weighted by atomic mass is 10.2. The molecule has 0 saturated carbocycles. The summed E-state index contributed by atoms with van der Waals surface area (Å²) in [4.78, 5) is 30.8. The first-order chi connectivity index (χ1) is 13.8. The highest BCUT2D eigenvalue weighted by Crippen LogP contribution is 2.17. The zero-order valence-electron chi connectivity index (χ0n) is 16.9. The van der Waals surface area contributed by atoms with Crippen LogP contribution in [0.4, 0.5) is 22.0 Å². The highest BCUT2D eigenvalue weighted by atomic mass is 16.6. The summed E-state index contributed by atoms with van der Waals surface area (Å²) in [5, 5.41) is 5.46. The molecule has 0 unspecified atom stereocenters. The number of carbonyl (C=O) groups excluding carboxylic acids is 2. The average molecular weight is 398 g/mol. The Morgan fingerprint density at radius 1 is 1.00 bits per heavy atom. The van der Waals surface area contributed by atoms with Gasteiger partial charge in [0.25, 0.3) is 5.91 Å². The maximum Gasteiger partial charge on any atom is 0.412 e. The van der Waals surface area contributed by atoms with Crippen LogP contribution in [0.25, 0.3) is 0 Å². The van der Waals surface area contributed by atoms with E-state index >= 15 is 0 Å². The topological polar surface area (TPSA) is 92.8 Å². The third kappa shape index (κ3) is 6.18. The van der Waals surface area contributed by atoms with Gasteiger partial charge in [-0.15, -0.1) is 0 Å². The maximum absolute atomic E-state index is 12.4. The highest BCUT2D eigenvalue weighted by molar-refractivity contribution is 6.04. The van der Waals surface area contributed by atoms with E-state index in [1.54, 1.807) is 51.2 Å². The summed E-state index contributed by atoms with van der Waals surface area (Å²) in [6.45, 7) is 8.38. The summed E-state index contributed by atoms with van der Waals surface area (Å²) in [6.07, 6.45) is 1.10. The Morgan fingerprint density at radius 3 is 2.24 bits per heavy atom. The van der Waals surface area contributed by atoms with Crippen molar-refractivity contribution in [1.29, 1.82) is 0 Å². The van der Waals surface area contributed by atoms with Crippen LogP contribution in [0.2, 0.25) is 0 Å². The molecule has 2 aromatic rings. The Kier molecular flexibility index (Phi) is 6.33. The Hall–Kier alpha value is -3.13. The van der Waals surface area contributed by atoms with E-state index in [-0.39, 0.29) is 5.91 Å². The summed E-state index contributed by atoms with van der Waals surface area (Å²) in [5.41, 5.74) is 1.06. The van der Waals surface area contributed by atoms with E-state index in [4.69, 9.17) is 9.47 Å². The van der Waals surface area contributed by atoms with Gasteiger partial charge in [-0.25, -0.2) is 9.78 Å². The minimum absolute atomic E-state index is 0.255. The molecule has 2 heterocycles. The molecule has 1 aromatic heterocycles. The molecule has 1 fully saturated rings. The second kappa shape index (κ2) is 8.91. The van der Waals surface area contributed by atoms with Crippen LogP contribution < -0.4 is 15.5 Å². The van der Waals surface area contributed by atoms with Crippen molar-refractivity contribution in [3.63, 3.8) is 0 Å². The third-order valence-electron chi connectivity index (χ3n) is 4.13. The summed E-state index contributed by atoms with van der Waals surface area (Å²) in [7, 11) is 0. The lowest BCUT2D eigenvalue weighted by Crippen LogP contribution is -2.36. The normalized spacial score (nSPS) is 14.2. The number of pyridine rings is 1. The summed E-state index contributed by atoms with van der Waals surface area (Å²) in [6, 6.07) is 10.3. The largest absolute Gasteiger partial charge is 0.444 e. The summed E-state index contributed by atoms with van der Waals surface area (Å²) >= 11 is 0. The molecule has 1 aliphatic heterocycles. The number of morpholine rings is 1. The van der Waals surface area contributed by atoms with Crippen LogP contribution in [0, 0.1) is 0 Å². The fraction of sp³-hybridized carbons (Fsp3) is 0.381. The number of nitrogens with zero attached hydrogens (tertiary/aromatic N) is 2. The Bertz CT molecular complexity index is 838. The van der Waals surface area contributed by atoms with Gasteiger partial charge < -0.3 is 19.7 Å². The molecule has 154 valence electrons. The van der Waals surface area contributed by atoms with Gasteiger partial charge >= 0.3 is 6.09 Å². The van der Waals surface area contributed by atoms with Crippen LogP contribution >= 0.6 is 0 Å². The molecule has 3 rings (SSSR count). The molecule has 1 aliphatic rings. The van der Waals surface area contributed by atoms with Crippen LogP contribution in [-0.2, 0) is 9.47 Å². The van der Waals surface area contributed by atoms with Crippen LogP contribution in [0.1, 0.15) is 31.1 Å². The Labute approximate surface area is 170 Å². The number of rotatable bonds is 4. The predicted octanol–water partition coefficient (Wildman–Crippen LogP) is 3.52. The molecule has 0 atom stereocenters. The standard InChI is InChI=1S/C21H26N4O4/c1-21(2,3)29-20(27)24-16-6-4-15(5-7-16)19(26)23-17-8-9-18(22-14-17)25-10-12-28-13-11-25/h4-9,14H,10-13H2,1-3H3,(H,23,26)(H,24,27). The first kappa shape index (κ1) is 20.6. The van der Waals surface area contributed by atoms with Crippen LogP contribution in [0.3, 0.4) is 0 Å². The quantitative estimate of drug-likeness (QED) is 0.819. The number of aromatic nitrogens is 1. The molecule has 8 heteroatoms. The molecular formula is C21H26N4O4. The van der Waals surface area contributed by atoms with Crippen LogP contribution in [-0.4, -0.2) is 48.9 Å². The number of nitrogens with one attached hydrogen (secondary N) is 2. The number of carbonyl (C=O) groups is 2. The maximum atomic E-state index is 12.4. The fourth-order valence-corrected chi connectivity index (χ4v) is 2.77. The lowest BCUT2D eigenvalue weighted by Gasteiger charge is -2.27. The van der Waals surface area contributed by atoms with Gasteiger partial charge in [0.2, 0.25) is 0 Å². The number of amides is 2. The smallest absolute Gasteiger partial charge is 0.412 e. The summed E-state index contributed by atoms with van der Waals surface area (Å²) < 4.78 is 10.5. The van der Waals surface area contributed by atoms with Crippen molar-refractivity contribution < 1.29 is 19.1 Å². The van der Waals surface area contributed by atoms with E-state index in [1.807, 2.05) is 12.1 Å². The third-order valence-corrected chi connectivity index (χ3v) is 4.13. The van der Waals surface area contributed by atoms with E-state index in [9.17, 15) is 9.59 Å². The molecule has 29 heavy (non-hydrogen) atoms. The van der Waals surface area contributed by atoms with Crippen molar-refractivity contribution in [3.05, 3.63) is 48.2 Å². The molecular weight excluding hydrogens is 372 g/mol. The lowest BCUT2D eigenvalue weighted by molar-refractivity contribution is 0.0636. The van der Waals surface area contributed by atoms with Gasteiger partial charge in [-0.1, -0.05) is 0 Å². The van der Waals surface area contributed by atoms with E-state index < -0.39 is 11.7 Å². The van der Waals surface area contributed by atoms with Crippen molar-refractivity contribution in [2.45, 2.75) is 26.4 Å². The number of hydrogen-bond donors (Lipinski definition) is 2. The first-order valence-corrected chi connectivity index (χ1v) is 9.50. The highest BCUT2D eigenvalue weighted by Gasteiger charge is 2.16. The van der Waals surface area contributed by atoms with Crippen LogP contribution in [0.5, 0.6) is 0 Å². The zero-order chi connectivity index (χ0) is 20.9. The Balaban J connectivity index is 1.55. The van der Waals surface area contributed by atoms with E-state index in [2.05, 4.69) is 20.5 Å². The van der Waals surface area contributed by atoms with Gasteiger partial charge in [0, 0.05) is 24.3 Å². The molecule has 0 spiro atoms. The van der Waals surface area contributed by atoms with Crippen molar-refractivity contribution in [2.24, 2.45) is 0 Å². The average Bonchev–Trinajstić information content (AvgIpc) is 2.68. The molecule has 0 aliphatic carbocycles. The second-order valence-corrected chi connectivity index (χ2v) is 7.66. The molecule has 1 saturated heterocycles. The van der Waals surface area contributed by atoms with E-state index in [1.165, 1.54) is 0 Å². The van der Waals surface area contributed by atoms with Crippen molar-refractivity contribution in [2.75, 3.05) is 41.8 Å². The van der Waals surface area contributed by atoms with Gasteiger partial charge in [-0.3, -0.25) is 10.1 Å². The van der Waals surface area contributed by atoms with Gasteiger partial charge in [-0.2, -0.15) is 0 Å². The van der Waals surface area contributed by atoms with Crippen LogP contribution in [0.15, 0.2) is 42.6 Å². The monoisotopic (exact) mass is 398 g/mol. The number of benzene rings is 1. The zero-order valence-corrected chi connectivity index (χ0v) is 16.9. The van der Waals surface area contributed by atoms with E-state index in [0.29, 0.717) is 30.2 Å². The fourth-order valence-electron chi connectivity index (χ4n) is 2.77. The minimum Gasteiger partial charge on any atom is -0.444 e. The SMILES string of the molecule is CC(C)(C)OC(=O)Nc1ccc(C(=O)Nc2ccc(N3CCOCC3)nc2)cc1. The number of hydrogen-bond acceptors (Lipinski definition) is 6. The van der Waals surface area contributed by atoms with Gasteiger partial charge in [0.15, 0.2) is 0 Å². The Morgan fingerprint density at radius 2 is 1.66 bits per heavy atom. The van der Waals surface area contributed by atoms with E-state index in [0.717, 1.165) is 18.9 Å². The van der Waals surface area contributed by atoms with Crippen molar-refractivity contribution in [1.82, 2.24) is 4.98 Å². The molecule has 2 amide bonds.